The van der Waals surface area contributed by atoms with Crippen molar-refractivity contribution in [3.05, 3.63) is 65.2 Å². The number of thioether (sulfide) groups is 1. The Morgan fingerprint density at radius 2 is 1.88 bits per heavy atom. The van der Waals surface area contributed by atoms with Gasteiger partial charge in [0.05, 0.1) is 12.2 Å². The van der Waals surface area contributed by atoms with Gasteiger partial charge in [-0.1, -0.05) is 30.3 Å². The third kappa shape index (κ3) is 5.51. The summed E-state index contributed by atoms with van der Waals surface area (Å²) in [6.07, 6.45) is -5.70. The van der Waals surface area contributed by atoms with Crippen molar-refractivity contribution >= 4 is 17.7 Å². The predicted molar refractivity (Wildman–Crippen MR) is 89.0 cm³/mol. The molecule has 0 radical (unpaired) electrons. The minimum Gasteiger partial charge on any atom is -0.464 e. The summed E-state index contributed by atoms with van der Waals surface area (Å²) < 4.78 is 42.8. The van der Waals surface area contributed by atoms with Gasteiger partial charge in [0.25, 0.3) is 0 Å². The van der Waals surface area contributed by atoms with E-state index in [1.165, 1.54) is 17.8 Å². The largest absolute Gasteiger partial charge is 0.464 e. The third-order valence-corrected chi connectivity index (χ3v) is 4.44. The average molecular weight is 370 g/mol. The standard InChI is InChI=1S/C18H17F3O3S/c1-2-24-17(23)16(22)13-8-6-12(7-9-13)11-25-15-5-3-4-14(10-15)18(19,20)21/h3-10,16,22H,2,11H2,1H3. The smallest absolute Gasteiger partial charge is 0.416 e. The van der Waals surface area contributed by atoms with Crippen LogP contribution in [-0.2, 0) is 21.5 Å². The maximum Gasteiger partial charge on any atom is 0.416 e. The van der Waals surface area contributed by atoms with Crippen LogP contribution in [0.4, 0.5) is 13.2 Å². The van der Waals surface area contributed by atoms with Gasteiger partial charge in [-0.25, -0.2) is 4.79 Å². The van der Waals surface area contributed by atoms with Crippen molar-refractivity contribution in [1.82, 2.24) is 0 Å². The van der Waals surface area contributed by atoms with E-state index in [0.717, 1.165) is 17.7 Å². The number of esters is 1. The molecule has 0 aliphatic carbocycles. The number of aliphatic hydroxyl groups is 1. The molecule has 25 heavy (non-hydrogen) atoms. The number of carbonyl (C=O) groups is 1. The molecule has 0 aromatic heterocycles. The van der Waals surface area contributed by atoms with Gasteiger partial charge in [0.1, 0.15) is 0 Å². The van der Waals surface area contributed by atoms with E-state index in [9.17, 15) is 23.1 Å². The molecule has 0 amide bonds. The quantitative estimate of drug-likeness (QED) is 0.597. The first-order valence-corrected chi connectivity index (χ1v) is 8.53. The number of hydrogen-bond donors (Lipinski definition) is 1. The molecular formula is C18H17F3O3S. The first kappa shape index (κ1) is 19.3. The van der Waals surface area contributed by atoms with Crippen LogP contribution in [0.5, 0.6) is 0 Å². The Morgan fingerprint density at radius 3 is 2.48 bits per heavy atom. The molecule has 2 aromatic carbocycles. The molecule has 0 saturated heterocycles. The van der Waals surface area contributed by atoms with Crippen LogP contribution in [0.2, 0.25) is 0 Å². The Morgan fingerprint density at radius 1 is 1.20 bits per heavy atom. The molecule has 2 rings (SSSR count). The summed E-state index contributed by atoms with van der Waals surface area (Å²) in [5.74, 6) is -0.245. The number of benzene rings is 2. The van der Waals surface area contributed by atoms with E-state index >= 15 is 0 Å². The van der Waals surface area contributed by atoms with Crippen LogP contribution in [0.3, 0.4) is 0 Å². The maximum atomic E-state index is 12.7. The van der Waals surface area contributed by atoms with Gasteiger partial charge in [0, 0.05) is 10.6 Å². The number of ether oxygens (including phenoxy) is 1. The molecule has 1 unspecified atom stereocenters. The van der Waals surface area contributed by atoms with Gasteiger partial charge < -0.3 is 9.84 Å². The van der Waals surface area contributed by atoms with E-state index < -0.39 is 23.8 Å². The van der Waals surface area contributed by atoms with E-state index in [1.807, 2.05) is 0 Å². The Labute approximate surface area is 147 Å². The Hall–Kier alpha value is -1.99. The molecule has 2 aromatic rings. The fourth-order valence-electron chi connectivity index (χ4n) is 2.08. The topological polar surface area (TPSA) is 46.5 Å². The van der Waals surface area contributed by atoms with Crippen LogP contribution in [0, 0.1) is 0 Å². The molecule has 0 spiro atoms. The van der Waals surface area contributed by atoms with Gasteiger partial charge in [-0.3, -0.25) is 0 Å². The average Bonchev–Trinajstić information content (AvgIpc) is 2.59. The number of halogens is 3. The molecule has 1 N–H and O–H groups in total. The van der Waals surface area contributed by atoms with E-state index in [0.29, 0.717) is 16.2 Å². The minimum atomic E-state index is -4.36. The number of carbonyl (C=O) groups excluding carboxylic acids is 1. The van der Waals surface area contributed by atoms with Gasteiger partial charge >= 0.3 is 12.1 Å². The van der Waals surface area contributed by atoms with Crippen molar-refractivity contribution in [2.45, 2.75) is 29.9 Å². The molecule has 1 atom stereocenters. The highest BCUT2D eigenvalue weighted by molar-refractivity contribution is 7.98. The van der Waals surface area contributed by atoms with Gasteiger partial charge in [0.2, 0.25) is 0 Å². The lowest BCUT2D eigenvalue weighted by Gasteiger charge is -2.11. The summed E-state index contributed by atoms with van der Waals surface area (Å²) in [5.41, 5.74) is 0.596. The second-order valence-corrected chi connectivity index (χ2v) is 6.26. The van der Waals surface area contributed by atoms with Crippen molar-refractivity contribution in [3.8, 4) is 0 Å². The first-order valence-electron chi connectivity index (χ1n) is 7.55. The van der Waals surface area contributed by atoms with Crippen LogP contribution in [0.15, 0.2) is 53.4 Å². The fraction of sp³-hybridized carbons (Fsp3) is 0.278. The lowest BCUT2D eigenvalue weighted by atomic mass is 10.1. The highest BCUT2D eigenvalue weighted by atomic mass is 32.2. The molecule has 0 fully saturated rings. The zero-order chi connectivity index (χ0) is 18.4. The number of alkyl halides is 3. The van der Waals surface area contributed by atoms with Crippen molar-refractivity contribution in [1.29, 1.82) is 0 Å². The van der Waals surface area contributed by atoms with Crippen LogP contribution >= 0.6 is 11.8 Å². The minimum absolute atomic E-state index is 0.182. The lowest BCUT2D eigenvalue weighted by molar-refractivity contribution is -0.153. The van der Waals surface area contributed by atoms with Crippen molar-refractivity contribution in [2.75, 3.05) is 6.61 Å². The fourth-order valence-corrected chi connectivity index (χ4v) is 2.99. The van der Waals surface area contributed by atoms with Gasteiger partial charge in [-0.05, 0) is 36.2 Å². The number of aliphatic hydroxyl groups excluding tert-OH is 1. The van der Waals surface area contributed by atoms with Crippen LogP contribution in [0.25, 0.3) is 0 Å². The molecule has 0 heterocycles. The molecule has 0 bridgehead atoms. The summed E-state index contributed by atoms with van der Waals surface area (Å²) >= 11 is 1.28. The summed E-state index contributed by atoms with van der Waals surface area (Å²) in [6, 6.07) is 11.8. The monoisotopic (exact) mass is 370 g/mol. The van der Waals surface area contributed by atoms with Gasteiger partial charge in [-0.2, -0.15) is 13.2 Å². The van der Waals surface area contributed by atoms with E-state index in [2.05, 4.69) is 0 Å². The highest BCUT2D eigenvalue weighted by Gasteiger charge is 2.30. The number of hydrogen-bond acceptors (Lipinski definition) is 4. The maximum absolute atomic E-state index is 12.7. The van der Waals surface area contributed by atoms with Crippen molar-refractivity contribution in [2.24, 2.45) is 0 Å². The molecule has 0 saturated carbocycles. The van der Waals surface area contributed by atoms with Crippen LogP contribution in [0.1, 0.15) is 29.7 Å². The zero-order valence-corrected chi connectivity index (χ0v) is 14.2. The van der Waals surface area contributed by atoms with Crippen LogP contribution < -0.4 is 0 Å². The van der Waals surface area contributed by atoms with E-state index in [4.69, 9.17) is 4.74 Å². The van der Waals surface area contributed by atoms with E-state index in [-0.39, 0.29) is 6.61 Å². The predicted octanol–water partition coefficient (Wildman–Crippen LogP) is 4.59. The first-order chi connectivity index (χ1) is 11.8. The Kier molecular flexibility index (Phi) is 6.50. The Bertz CT molecular complexity index is 714. The van der Waals surface area contributed by atoms with Gasteiger partial charge in [0.15, 0.2) is 6.10 Å². The zero-order valence-electron chi connectivity index (χ0n) is 13.4. The SMILES string of the molecule is CCOC(=O)C(O)c1ccc(CSc2cccc(C(F)(F)F)c2)cc1. The summed E-state index contributed by atoms with van der Waals surface area (Å²) in [5, 5.41) is 9.84. The van der Waals surface area contributed by atoms with Gasteiger partial charge in [-0.15, -0.1) is 11.8 Å². The third-order valence-electron chi connectivity index (χ3n) is 3.37. The molecule has 134 valence electrons. The van der Waals surface area contributed by atoms with Crippen molar-refractivity contribution < 1.29 is 27.8 Å². The molecule has 3 nitrogen and oxygen atoms in total. The molecule has 7 heteroatoms. The highest BCUT2D eigenvalue weighted by Crippen LogP contribution is 2.32. The normalized spacial score (nSPS) is 12.7. The summed E-state index contributed by atoms with van der Waals surface area (Å²) in [4.78, 5) is 12.0. The lowest BCUT2D eigenvalue weighted by Crippen LogP contribution is -2.15. The second-order valence-electron chi connectivity index (χ2n) is 5.21. The Balaban J connectivity index is 1.99. The van der Waals surface area contributed by atoms with E-state index in [1.54, 1.807) is 37.3 Å². The van der Waals surface area contributed by atoms with Crippen LogP contribution in [-0.4, -0.2) is 17.7 Å². The second kappa shape index (κ2) is 8.40. The molecule has 0 aliphatic rings. The number of rotatable bonds is 6. The molecule has 0 aliphatic heterocycles. The van der Waals surface area contributed by atoms with Crippen molar-refractivity contribution in [3.63, 3.8) is 0 Å². The summed E-state index contributed by atoms with van der Waals surface area (Å²) in [7, 11) is 0. The summed E-state index contributed by atoms with van der Waals surface area (Å²) in [6.45, 7) is 1.83. The molecular weight excluding hydrogens is 353 g/mol.